The Morgan fingerprint density at radius 1 is 1.26 bits per heavy atom. The first kappa shape index (κ1) is 20.3. The Morgan fingerprint density at radius 2 is 1.96 bits per heavy atom. The van der Waals surface area contributed by atoms with Gasteiger partial charge in [0.1, 0.15) is 11.9 Å². The zero-order valence-corrected chi connectivity index (χ0v) is 16.7. The maximum absolute atomic E-state index is 13.6. The molecule has 0 aromatic carbocycles. The second kappa shape index (κ2) is 7.51. The third-order valence-electron chi connectivity index (χ3n) is 6.90. The minimum Gasteiger partial charge on any atom is -0.459 e. The molecule has 0 saturated heterocycles. The number of Topliss-reactive ketones (excluding diaryl/α,β-unsaturated/α-hetero) is 1. The summed E-state index contributed by atoms with van der Waals surface area (Å²) < 4.78 is 5.54. The van der Waals surface area contributed by atoms with Crippen LogP contribution >= 0.6 is 0 Å². The summed E-state index contributed by atoms with van der Waals surface area (Å²) in [5, 5.41) is 20.7. The van der Waals surface area contributed by atoms with Crippen LogP contribution in [0.15, 0.2) is 23.8 Å². The number of cyclic esters (lactones) is 1. The number of rotatable bonds is 1. The Bertz CT molecular complexity index is 664. The van der Waals surface area contributed by atoms with Gasteiger partial charge in [-0.2, -0.15) is 0 Å². The number of carbonyl (C=O) groups excluding carboxylic acids is 2. The van der Waals surface area contributed by atoms with Gasteiger partial charge >= 0.3 is 5.97 Å². The van der Waals surface area contributed by atoms with Crippen LogP contribution in [-0.2, 0) is 14.3 Å². The Labute approximate surface area is 161 Å². The largest absolute Gasteiger partial charge is 0.459 e. The molecular formula is C22H32O5. The van der Waals surface area contributed by atoms with Gasteiger partial charge in [-0.05, 0) is 39.0 Å². The van der Waals surface area contributed by atoms with Crippen LogP contribution < -0.4 is 0 Å². The van der Waals surface area contributed by atoms with Gasteiger partial charge in [0.05, 0.1) is 17.6 Å². The predicted octanol–water partition coefficient (Wildman–Crippen LogP) is 2.80. The van der Waals surface area contributed by atoms with Crippen molar-refractivity contribution in [2.75, 3.05) is 0 Å². The molecule has 1 spiro atoms. The number of allylic oxidation sites excluding steroid dienone is 2. The van der Waals surface area contributed by atoms with Gasteiger partial charge in [0.15, 0.2) is 0 Å². The van der Waals surface area contributed by atoms with Gasteiger partial charge in [0, 0.05) is 24.2 Å². The Balaban J connectivity index is 2.13. The SMILES string of the molecule is C/C1=C\C(C)C(C(C)O)OC(=O)CCC2C=CC3CC12C(=O)C(C)CC3O. The molecule has 150 valence electrons. The molecule has 0 radical (unpaired) electrons. The molecule has 1 saturated carbocycles. The lowest BCUT2D eigenvalue weighted by Gasteiger charge is -2.45. The van der Waals surface area contributed by atoms with Crippen molar-refractivity contribution in [3.8, 4) is 0 Å². The third-order valence-corrected chi connectivity index (χ3v) is 6.90. The van der Waals surface area contributed by atoms with E-state index in [1.165, 1.54) is 0 Å². The van der Waals surface area contributed by atoms with Crippen molar-refractivity contribution < 1.29 is 24.5 Å². The van der Waals surface area contributed by atoms with E-state index in [2.05, 4.69) is 0 Å². The van der Waals surface area contributed by atoms with Crippen LogP contribution in [0.1, 0.15) is 53.4 Å². The van der Waals surface area contributed by atoms with E-state index in [4.69, 9.17) is 4.74 Å². The standard InChI is InChI=1S/C22H32O5/c1-12-9-14(3)22-11-16(18(24)10-13(2)21(22)26)5-6-17(22)7-8-19(25)27-20(12)15(4)23/h5-6,9,12-13,15-18,20,23-24H,7-8,10-11H2,1-4H3/b14-9+. The van der Waals surface area contributed by atoms with Crippen molar-refractivity contribution in [2.24, 2.45) is 29.1 Å². The zero-order chi connectivity index (χ0) is 19.9. The van der Waals surface area contributed by atoms with E-state index in [9.17, 15) is 19.8 Å². The van der Waals surface area contributed by atoms with E-state index in [1.54, 1.807) is 6.92 Å². The van der Waals surface area contributed by atoms with Crippen molar-refractivity contribution in [3.63, 3.8) is 0 Å². The van der Waals surface area contributed by atoms with E-state index in [-0.39, 0.29) is 41.8 Å². The molecule has 1 aliphatic heterocycles. The second-order valence-corrected chi connectivity index (χ2v) is 8.84. The Kier molecular flexibility index (Phi) is 5.64. The molecule has 5 heteroatoms. The predicted molar refractivity (Wildman–Crippen MR) is 102 cm³/mol. The lowest BCUT2D eigenvalue weighted by Crippen LogP contribution is -2.45. The van der Waals surface area contributed by atoms with Gasteiger partial charge in [-0.25, -0.2) is 0 Å². The number of aliphatic hydroxyl groups is 2. The maximum atomic E-state index is 13.6. The van der Waals surface area contributed by atoms with Gasteiger partial charge in [0.25, 0.3) is 0 Å². The normalized spacial score (nSPS) is 45.8. The van der Waals surface area contributed by atoms with Crippen LogP contribution in [-0.4, -0.2) is 40.3 Å². The highest BCUT2D eigenvalue weighted by atomic mass is 16.6. The van der Waals surface area contributed by atoms with Crippen molar-refractivity contribution in [2.45, 2.75) is 71.7 Å². The van der Waals surface area contributed by atoms with Crippen LogP contribution in [0.4, 0.5) is 0 Å². The summed E-state index contributed by atoms with van der Waals surface area (Å²) in [5.41, 5.74) is 0.287. The van der Waals surface area contributed by atoms with Gasteiger partial charge in [-0.1, -0.05) is 37.6 Å². The molecule has 5 nitrogen and oxygen atoms in total. The first-order chi connectivity index (χ1) is 12.7. The molecule has 2 N–H and O–H groups in total. The summed E-state index contributed by atoms with van der Waals surface area (Å²) in [6, 6.07) is 0. The molecule has 3 aliphatic rings. The molecule has 2 aliphatic carbocycles. The fourth-order valence-electron chi connectivity index (χ4n) is 5.42. The highest BCUT2D eigenvalue weighted by Gasteiger charge is 2.53. The molecule has 3 rings (SSSR count). The van der Waals surface area contributed by atoms with Crippen LogP contribution in [0.2, 0.25) is 0 Å². The number of hydrogen-bond acceptors (Lipinski definition) is 5. The molecule has 0 aromatic heterocycles. The van der Waals surface area contributed by atoms with E-state index < -0.39 is 23.7 Å². The number of hydrogen-bond donors (Lipinski definition) is 2. The van der Waals surface area contributed by atoms with Crippen LogP contribution in [0.5, 0.6) is 0 Å². The molecule has 1 heterocycles. The van der Waals surface area contributed by atoms with Crippen LogP contribution in [0, 0.1) is 29.1 Å². The fourth-order valence-corrected chi connectivity index (χ4v) is 5.42. The van der Waals surface area contributed by atoms with Crippen LogP contribution in [0.25, 0.3) is 0 Å². The smallest absolute Gasteiger partial charge is 0.306 e. The molecule has 2 bridgehead atoms. The molecule has 8 unspecified atom stereocenters. The number of esters is 1. The lowest BCUT2D eigenvalue weighted by molar-refractivity contribution is -0.158. The van der Waals surface area contributed by atoms with Gasteiger partial charge < -0.3 is 14.9 Å². The van der Waals surface area contributed by atoms with E-state index in [0.29, 0.717) is 19.3 Å². The quantitative estimate of drug-likeness (QED) is 0.543. The maximum Gasteiger partial charge on any atom is 0.306 e. The summed E-state index contributed by atoms with van der Waals surface area (Å²) >= 11 is 0. The zero-order valence-electron chi connectivity index (χ0n) is 16.7. The Morgan fingerprint density at radius 3 is 2.63 bits per heavy atom. The topological polar surface area (TPSA) is 83.8 Å². The minimum atomic E-state index is -0.787. The molecule has 27 heavy (non-hydrogen) atoms. The number of fused-ring (bicyclic) bond motifs is 1. The van der Waals surface area contributed by atoms with Gasteiger partial charge in [-0.3, -0.25) is 9.59 Å². The third kappa shape index (κ3) is 3.52. The van der Waals surface area contributed by atoms with Crippen molar-refractivity contribution >= 4 is 11.8 Å². The Hall–Kier alpha value is -1.46. The molecule has 0 aromatic rings. The first-order valence-corrected chi connectivity index (χ1v) is 10.1. The number of ether oxygens (including phenoxy) is 1. The molecule has 1 fully saturated rings. The lowest BCUT2D eigenvalue weighted by atomic mass is 9.58. The van der Waals surface area contributed by atoms with Crippen LogP contribution in [0.3, 0.4) is 0 Å². The second-order valence-electron chi connectivity index (χ2n) is 8.84. The first-order valence-electron chi connectivity index (χ1n) is 10.1. The molecule has 0 amide bonds. The van der Waals surface area contributed by atoms with Gasteiger partial charge in [-0.15, -0.1) is 0 Å². The average Bonchev–Trinajstić information content (AvgIpc) is 2.68. The number of aliphatic hydroxyl groups excluding tert-OH is 2. The van der Waals surface area contributed by atoms with E-state index in [1.807, 2.05) is 39.0 Å². The number of carbonyl (C=O) groups is 2. The summed E-state index contributed by atoms with van der Waals surface area (Å²) in [6.07, 6.45) is 5.95. The highest BCUT2D eigenvalue weighted by molar-refractivity contribution is 5.91. The summed E-state index contributed by atoms with van der Waals surface area (Å²) in [6.45, 7) is 7.43. The fraction of sp³-hybridized carbons (Fsp3) is 0.727. The highest BCUT2D eigenvalue weighted by Crippen LogP contribution is 2.53. The minimum absolute atomic E-state index is 0.0451. The molecule has 8 atom stereocenters. The van der Waals surface area contributed by atoms with Crippen molar-refractivity contribution in [1.29, 1.82) is 0 Å². The summed E-state index contributed by atoms with van der Waals surface area (Å²) in [4.78, 5) is 25.9. The van der Waals surface area contributed by atoms with Gasteiger partial charge in [0.2, 0.25) is 0 Å². The number of ketones is 1. The summed E-state index contributed by atoms with van der Waals surface area (Å²) in [7, 11) is 0. The van der Waals surface area contributed by atoms with E-state index >= 15 is 0 Å². The molecular weight excluding hydrogens is 344 g/mol. The summed E-state index contributed by atoms with van der Waals surface area (Å²) in [5.74, 6) is -0.719. The van der Waals surface area contributed by atoms with Crippen molar-refractivity contribution in [3.05, 3.63) is 23.8 Å². The van der Waals surface area contributed by atoms with E-state index in [0.717, 1.165) is 5.57 Å². The average molecular weight is 376 g/mol. The monoisotopic (exact) mass is 376 g/mol. The van der Waals surface area contributed by atoms with Crippen molar-refractivity contribution in [1.82, 2.24) is 0 Å².